The molecule has 3 rings (SSSR count). The van der Waals surface area contributed by atoms with Crippen molar-refractivity contribution < 1.29 is 14.3 Å². The minimum atomic E-state index is -0.0587. The number of rotatable bonds is 6. The summed E-state index contributed by atoms with van der Waals surface area (Å²) >= 11 is 0. The molecule has 2 aromatic rings. The molecule has 2 aromatic carbocycles. The van der Waals surface area contributed by atoms with E-state index >= 15 is 0 Å². The fourth-order valence-electron chi connectivity index (χ4n) is 2.71. The van der Waals surface area contributed by atoms with E-state index in [-0.39, 0.29) is 11.9 Å². The Hall–Kier alpha value is -2.29. The van der Waals surface area contributed by atoms with Gasteiger partial charge < -0.3 is 9.47 Å². The summed E-state index contributed by atoms with van der Waals surface area (Å²) in [6.45, 7) is 0. The van der Waals surface area contributed by atoms with E-state index in [1.165, 1.54) is 12.7 Å². The van der Waals surface area contributed by atoms with Gasteiger partial charge in [-0.2, -0.15) is 0 Å². The maximum Gasteiger partial charge on any atom is 0.308 e. The molecule has 0 bridgehead atoms. The van der Waals surface area contributed by atoms with Crippen LogP contribution in [-0.2, 0) is 16.0 Å². The third kappa shape index (κ3) is 3.67. The number of carbonyl (C=O) groups is 1. The Morgan fingerprint density at radius 3 is 2.41 bits per heavy atom. The molecule has 0 saturated heterocycles. The summed E-state index contributed by atoms with van der Waals surface area (Å²) in [6.07, 6.45) is 3.00. The summed E-state index contributed by atoms with van der Waals surface area (Å²) in [6, 6.07) is 17.9. The second-order valence-corrected chi connectivity index (χ2v) is 5.72. The van der Waals surface area contributed by atoms with Crippen LogP contribution in [0.15, 0.2) is 54.6 Å². The molecule has 1 fully saturated rings. The van der Waals surface area contributed by atoms with Gasteiger partial charge in [0.15, 0.2) is 0 Å². The molecule has 0 radical (unpaired) electrons. The van der Waals surface area contributed by atoms with Crippen molar-refractivity contribution in [2.75, 3.05) is 7.11 Å². The Balaban J connectivity index is 1.49. The summed E-state index contributed by atoms with van der Waals surface area (Å²) < 4.78 is 10.5. The van der Waals surface area contributed by atoms with Gasteiger partial charge in [0.05, 0.1) is 13.0 Å². The SMILES string of the molecule is COC(=O)C1CC1CCc1ccc(Oc2ccccc2)cc1. The number of aryl methyl sites for hydroxylation is 1. The summed E-state index contributed by atoms with van der Waals surface area (Å²) in [7, 11) is 1.46. The van der Waals surface area contributed by atoms with Gasteiger partial charge in [-0.1, -0.05) is 30.3 Å². The van der Waals surface area contributed by atoms with Crippen molar-refractivity contribution in [3.8, 4) is 11.5 Å². The number of para-hydroxylation sites is 1. The number of hydrogen-bond donors (Lipinski definition) is 0. The fraction of sp³-hybridized carbons (Fsp3) is 0.316. The topological polar surface area (TPSA) is 35.5 Å². The standard InChI is InChI=1S/C19H20O3/c1-21-19(20)18-13-15(18)10-7-14-8-11-17(12-9-14)22-16-5-3-2-4-6-16/h2-6,8-9,11-12,15,18H,7,10,13H2,1H3. The predicted molar refractivity (Wildman–Crippen MR) is 84.9 cm³/mol. The fourth-order valence-corrected chi connectivity index (χ4v) is 2.71. The van der Waals surface area contributed by atoms with Crippen molar-refractivity contribution in [3.63, 3.8) is 0 Å². The van der Waals surface area contributed by atoms with Gasteiger partial charge >= 0.3 is 5.97 Å². The van der Waals surface area contributed by atoms with Gasteiger partial charge in [-0.25, -0.2) is 0 Å². The molecule has 22 heavy (non-hydrogen) atoms. The van der Waals surface area contributed by atoms with Gasteiger partial charge in [0.1, 0.15) is 11.5 Å². The Labute approximate surface area is 130 Å². The Morgan fingerprint density at radius 2 is 1.73 bits per heavy atom. The second-order valence-electron chi connectivity index (χ2n) is 5.72. The lowest BCUT2D eigenvalue weighted by atomic mass is 10.1. The maximum atomic E-state index is 11.4. The molecule has 1 aliphatic carbocycles. The van der Waals surface area contributed by atoms with Crippen molar-refractivity contribution in [2.45, 2.75) is 19.3 Å². The van der Waals surface area contributed by atoms with Gasteiger partial charge in [-0.3, -0.25) is 4.79 Å². The summed E-state index contributed by atoms with van der Waals surface area (Å²) in [4.78, 5) is 11.4. The molecule has 1 aliphatic rings. The van der Waals surface area contributed by atoms with Crippen LogP contribution < -0.4 is 4.74 Å². The zero-order valence-corrected chi connectivity index (χ0v) is 12.7. The Bertz CT molecular complexity index is 619. The lowest BCUT2D eigenvalue weighted by Crippen LogP contribution is -2.04. The third-order valence-electron chi connectivity index (χ3n) is 4.13. The van der Waals surface area contributed by atoms with Crippen molar-refractivity contribution in [3.05, 3.63) is 60.2 Å². The van der Waals surface area contributed by atoms with Gasteiger partial charge in [0.2, 0.25) is 0 Å². The van der Waals surface area contributed by atoms with E-state index in [1.54, 1.807) is 0 Å². The first-order valence-corrected chi connectivity index (χ1v) is 7.66. The smallest absolute Gasteiger partial charge is 0.308 e. The number of methoxy groups -OCH3 is 1. The van der Waals surface area contributed by atoms with E-state index in [0.717, 1.165) is 30.8 Å². The number of esters is 1. The number of benzene rings is 2. The van der Waals surface area contributed by atoms with E-state index in [0.29, 0.717) is 5.92 Å². The van der Waals surface area contributed by atoms with E-state index in [9.17, 15) is 4.79 Å². The highest BCUT2D eigenvalue weighted by Crippen LogP contribution is 2.42. The van der Waals surface area contributed by atoms with Gasteiger partial charge in [-0.05, 0) is 55.0 Å². The van der Waals surface area contributed by atoms with Crippen LogP contribution in [0.3, 0.4) is 0 Å². The van der Waals surface area contributed by atoms with Gasteiger partial charge in [-0.15, -0.1) is 0 Å². The quantitative estimate of drug-likeness (QED) is 0.749. The molecule has 2 atom stereocenters. The Morgan fingerprint density at radius 1 is 1.05 bits per heavy atom. The molecule has 2 unspecified atom stereocenters. The second kappa shape index (κ2) is 6.65. The number of hydrogen-bond acceptors (Lipinski definition) is 3. The van der Waals surface area contributed by atoms with Crippen LogP contribution in [0.4, 0.5) is 0 Å². The first-order chi connectivity index (χ1) is 10.8. The molecular formula is C19H20O3. The van der Waals surface area contributed by atoms with Crippen LogP contribution in [0.2, 0.25) is 0 Å². The largest absolute Gasteiger partial charge is 0.469 e. The minimum Gasteiger partial charge on any atom is -0.469 e. The van der Waals surface area contributed by atoms with Gasteiger partial charge in [0.25, 0.3) is 0 Å². The van der Waals surface area contributed by atoms with Crippen molar-refractivity contribution >= 4 is 5.97 Å². The van der Waals surface area contributed by atoms with Crippen LogP contribution in [0.25, 0.3) is 0 Å². The van der Waals surface area contributed by atoms with Crippen LogP contribution in [0, 0.1) is 11.8 Å². The predicted octanol–water partition coefficient (Wildman–Crippen LogP) is 4.22. The lowest BCUT2D eigenvalue weighted by molar-refractivity contribution is -0.142. The molecule has 3 nitrogen and oxygen atoms in total. The van der Waals surface area contributed by atoms with E-state index < -0.39 is 0 Å². The van der Waals surface area contributed by atoms with Crippen LogP contribution >= 0.6 is 0 Å². The highest BCUT2D eigenvalue weighted by Gasteiger charge is 2.43. The molecule has 114 valence electrons. The number of ether oxygens (including phenoxy) is 2. The molecule has 0 heterocycles. The average molecular weight is 296 g/mol. The van der Waals surface area contributed by atoms with E-state index in [2.05, 4.69) is 12.1 Å². The molecule has 0 aromatic heterocycles. The van der Waals surface area contributed by atoms with Crippen LogP contribution in [0.1, 0.15) is 18.4 Å². The van der Waals surface area contributed by atoms with Crippen molar-refractivity contribution in [1.29, 1.82) is 0 Å². The minimum absolute atomic E-state index is 0.0587. The Kier molecular flexibility index (Phi) is 4.42. The summed E-state index contributed by atoms with van der Waals surface area (Å²) in [5.41, 5.74) is 1.27. The molecule has 1 saturated carbocycles. The highest BCUT2D eigenvalue weighted by atomic mass is 16.5. The molecule has 0 aliphatic heterocycles. The highest BCUT2D eigenvalue weighted by molar-refractivity contribution is 5.75. The number of carbonyl (C=O) groups excluding carboxylic acids is 1. The zero-order chi connectivity index (χ0) is 15.4. The van der Waals surface area contributed by atoms with Crippen molar-refractivity contribution in [1.82, 2.24) is 0 Å². The molecular weight excluding hydrogens is 276 g/mol. The van der Waals surface area contributed by atoms with Crippen LogP contribution in [0.5, 0.6) is 11.5 Å². The molecule has 0 spiro atoms. The lowest BCUT2D eigenvalue weighted by Gasteiger charge is -2.06. The van der Waals surface area contributed by atoms with Crippen LogP contribution in [-0.4, -0.2) is 13.1 Å². The monoisotopic (exact) mass is 296 g/mol. The first-order valence-electron chi connectivity index (χ1n) is 7.66. The average Bonchev–Trinajstić information content (AvgIpc) is 3.34. The van der Waals surface area contributed by atoms with Crippen molar-refractivity contribution in [2.24, 2.45) is 11.8 Å². The summed E-state index contributed by atoms with van der Waals surface area (Å²) in [5, 5.41) is 0. The maximum absolute atomic E-state index is 11.4. The van der Waals surface area contributed by atoms with E-state index in [1.807, 2.05) is 42.5 Å². The normalized spacial score (nSPS) is 19.5. The third-order valence-corrected chi connectivity index (χ3v) is 4.13. The summed E-state index contributed by atoms with van der Waals surface area (Å²) in [5.74, 6) is 2.25. The van der Waals surface area contributed by atoms with Gasteiger partial charge in [0, 0.05) is 0 Å². The van der Waals surface area contributed by atoms with E-state index in [4.69, 9.17) is 9.47 Å². The zero-order valence-electron chi connectivity index (χ0n) is 12.7. The molecule has 0 amide bonds. The molecule has 3 heteroatoms. The first kappa shape index (κ1) is 14.6. The molecule has 0 N–H and O–H groups in total.